The number of halogens is 1. The van der Waals surface area contributed by atoms with E-state index in [1.807, 2.05) is 18.2 Å². The van der Waals surface area contributed by atoms with Crippen LogP contribution in [0.5, 0.6) is 5.75 Å². The second-order valence-corrected chi connectivity index (χ2v) is 6.45. The molecule has 0 amide bonds. The predicted molar refractivity (Wildman–Crippen MR) is 83.7 cm³/mol. The van der Waals surface area contributed by atoms with E-state index in [4.69, 9.17) is 9.84 Å². The van der Waals surface area contributed by atoms with Crippen molar-refractivity contribution in [2.45, 2.75) is 31.3 Å². The summed E-state index contributed by atoms with van der Waals surface area (Å²) in [5, 5.41) is 22.8. The van der Waals surface area contributed by atoms with Crippen molar-refractivity contribution in [2.75, 3.05) is 19.0 Å². The molecule has 1 fully saturated rings. The molecule has 0 unspecified atom stereocenters. The molecule has 1 aromatic rings. The van der Waals surface area contributed by atoms with Gasteiger partial charge in [-0.25, -0.2) is 0 Å². The van der Waals surface area contributed by atoms with E-state index in [1.54, 1.807) is 7.11 Å². The smallest absolute Gasteiger partial charge is 0.306 e. The largest absolute Gasteiger partial charge is 0.495 e. The Morgan fingerprint density at radius 1 is 1.48 bits per heavy atom. The summed E-state index contributed by atoms with van der Waals surface area (Å²) in [6.45, 7) is 0.381. The van der Waals surface area contributed by atoms with E-state index in [9.17, 15) is 9.90 Å². The van der Waals surface area contributed by atoms with Gasteiger partial charge in [0.25, 0.3) is 0 Å². The summed E-state index contributed by atoms with van der Waals surface area (Å²) in [4.78, 5) is 10.9. The van der Waals surface area contributed by atoms with Crippen LogP contribution in [-0.4, -0.2) is 35.4 Å². The lowest BCUT2D eigenvalue weighted by atomic mass is 9.79. The number of nitrogens with one attached hydrogen (secondary N) is 1. The minimum absolute atomic E-state index is 0.328. The van der Waals surface area contributed by atoms with Crippen LogP contribution in [-0.2, 0) is 4.79 Å². The van der Waals surface area contributed by atoms with Crippen molar-refractivity contribution in [3.63, 3.8) is 0 Å². The average Bonchev–Trinajstić information content (AvgIpc) is 2.46. The number of hydrogen-bond donors (Lipinski definition) is 3. The van der Waals surface area contributed by atoms with Crippen molar-refractivity contribution in [2.24, 2.45) is 5.92 Å². The van der Waals surface area contributed by atoms with Crippen LogP contribution in [0, 0.1) is 5.92 Å². The van der Waals surface area contributed by atoms with Crippen LogP contribution in [0.2, 0.25) is 0 Å². The first-order valence-electron chi connectivity index (χ1n) is 6.96. The summed E-state index contributed by atoms with van der Waals surface area (Å²) >= 11 is 3.41. The number of carboxylic acid groups (broad SMARTS) is 1. The lowest BCUT2D eigenvalue weighted by Gasteiger charge is -2.35. The van der Waals surface area contributed by atoms with Gasteiger partial charge >= 0.3 is 5.97 Å². The third kappa shape index (κ3) is 4.11. The normalized spacial score (nSPS) is 25.4. The summed E-state index contributed by atoms with van der Waals surface area (Å²) in [7, 11) is 1.60. The lowest BCUT2D eigenvalue weighted by Crippen LogP contribution is -2.41. The third-order valence-corrected chi connectivity index (χ3v) is 4.53. The molecule has 6 heteroatoms. The third-order valence-electron chi connectivity index (χ3n) is 4.03. The monoisotopic (exact) mass is 357 g/mol. The van der Waals surface area contributed by atoms with E-state index in [0.29, 0.717) is 38.0 Å². The Kier molecular flexibility index (Phi) is 5.11. The molecule has 0 aliphatic heterocycles. The van der Waals surface area contributed by atoms with E-state index in [1.165, 1.54) is 0 Å². The number of benzene rings is 1. The Morgan fingerprint density at radius 3 is 2.71 bits per heavy atom. The maximum Gasteiger partial charge on any atom is 0.306 e. The maximum atomic E-state index is 10.9. The minimum Gasteiger partial charge on any atom is -0.495 e. The fourth-order valence-corrected chi connectivity index (χ4v) is 3.02. The molecule has 0 heterocycles. The van der Waals surface area contributed by atoms with Gasteiger partial charge in [0.2, 0.25) is 0 Å². The van der Waals surface area contributed by atoms with Crippen LogP contribution in [0.4, 0.5) is 5.69 Å². The lowest BCUT2D eigenvalue weighted by molar-refractivity contribution is -0.144. The Hall–Kier alpha value is -1.27. The van der Waals surface area contributed by atoms with Gasteiger partial charge < -0.3 is 20.3 Å². The van der Waals surface area contributed by atoms with Gasteiger partial charge in [-0.3, -0.25) is 4.79 Å². The van der Waals surface area contributed by atoms with E-state index < -0.39 is 11.6 Å². The number of anilines is 1. The summed E-state index contributed by atoms with van der Waals surface area (Å²) in [5.41, 5.74) is -0.0557. The average molecular weight is 358 g/mol. The van der Waals surface area contributed by atoms with Gasteiger partial charge in [0.05, 0.1) is 24.3 Å². The fourth-order valence-electron chi connectivity index (χ4n) is 2.66. The van der Waals surface area contributed by atoms with Crippen LogP contribution in [0.15, 0.2) is 22.7 Å². The Bertz CT molecular complexity index is 512. The number of ether oxygens (including phenoxy) is 1. The number of carboxylic acids is 1. The summed E-state index contributed by atoms with van der Waals surface area (Å²) in [5.74, 6) is -0.384. The number of rotatable bonds is 5. The molecule has 0 atom stereocenters. The van der Waals surface area contributed by atoms with Crippen molar-refractivity contribution in [1.82, 2.24) is 0 Å². The van der Waals surface area contributed by atoms with E-state index in [-0.39, 0.29) is 5.92 Å². The first-order chi connectivity index (χ1) is 9.93. The molecule has 21 heavy (non-hydrogen) atoms. The SMILES string of the molecule is COc1ccc(Br)cc1NCC1(O)CCC(C(=O)O)CC1. The van der Waals surface area contributed by atoms with Crippen LogP contribution >= 0.6 is 15.9 Å². The number of aliphatic hydroxyl groups is 1. The van der Waals surface area contributed by atoms with Crippen LogP contribution in [0.3, 0.4) is 0 Å². The standard InChI is InChI=1S/C15H20BrNO4/c1-21-13-3-2-11(16)8-12(13)17-9-15(20)6-4-10(5-7-15)14(18)19/h2-3,8,10,17,20H,4-7,9H2,1H3,(H,18,19). The first kappa shape index (κ1) is 16.1. The van der Waals surface area contributed by atoms with Gasteiger partial charge in [-0.1, -0.05) is 15.9 Å². The highest BCUT2D eigenvalue weighted by atomic mass is 79.9. The highest BCUT2D eigenvalue weighted by Crippen LogP contribution is 2.34. The molecule has 0 aromatic heterocycles. The number of carbonyl (C=O) groups is 1. The molecule has 0 saturated heterocycles. The summed E-state index contributed by atoms with van der Waals surface area (Å²) in [6, 6.07) is 5.62. The Labute approximate surface area is 132 Å². The van der Waals surface area contributed by atoms with E-state index in [2.05, 4.69) is 21.2 Å². The first-order valence-corrected chi connectivity index (χ1v) is 7.75. The zero-order valence-corrected chi connectivity index (χ0v) is 13.5. The molecule has 1 aromatic carbocycles. The highest BCUT2D eigenvalue weighted by molar-refractivity contribution is 9.10. The molecule has 0 radical (unpaired) electrons. The Morgan fingerprint density at radius 2 is 2.14 bits per heavy atom. The molecule has 3 N–H and O–H groups in total. The molecule has 0 spiro atoms. The van der Waals surface area contributed by atoms with Crippen molar-refractivity contribution in [3.8, 4) is 5.75 Å². The maximum absolute atomic E-state index is 10.9. The summed E-state index contributed by atoms with van der Waals surface area (Å²) in [6.07, 6.45) is 2.02. The predicted octanol–water partition coefficient (Wildman–Crippen LogP) is 2.88. The highest BCUT2D eigenvalue weighted by Gasteiger charge is 2.35. The second-order valence-electron chi connectivity index (χ2n) is 5.54. The zero-order chi connectivity index (χ0) is 15.5. The van der Waals surface area contributed by atoms with Gasteiger partial charge in [-0.15, -0.1) is 0 Å². The second kappa shape index (κ2) is 6.66. The van der Waals surface area contributed by atoms with Crippen molar-refractivity contribution in [3.05, 3.63) is 22.7 Å². The summed E-state index contributed by atoms with van der Waals surface area (Å²) < 4.78 is 6.20. The molecule has 1 aliphatic rings. The fraction of sp³-hybridized carbons (Fsp3) is 0.533. The topological polar surface area (TPSA) is 78.8 Å². The van der Waals surface area contributed by atoms with Crippen LogP contribution in [0.25, 0.3) is 0 Å². The molecular weight excluding hydrogens is 338 g/mol. The van der Waals surface area contributed by atoms with Gasteiger partial charge in [0.1, 0.15) is 5.75 Å². The molecule has 5 nitrogen and oxygen atoms in total. The molecule has 116 valence electrons. The van der Waals surface area contributed by atoms with Crippen molar-refractivity contribution >= 4 is 27.6 Å². The van der Waals surface area contributed by atoms with E-state index >= 15 is 0 Å². The number of hydrogen-bond acceptors (Lipinski definition) is 4. The van der Waals surface area contributed by atoms with Crippen molar-refractivity contribution < 1.29 is 19.7 Å². The number of aliphatic carboxylic acids is 1. The van der Waals surface area contributed by atoms with Crippen LogP contribution in [0.1, 0.15) is 25.7 Å². The molecule has 1 saturated carbocycles. The van der Waals surface area contributed by atoms with Gasteiger partial charge in [-0.2, -0.15) is 0 Å². The van der Waals surface area contributed by atoms with Gasteiger partial charge in [-0.05, 0) is 43.9 Å². The zero-order valence-electron chi connectivity index (χ0n) is 11.9. The molecular formula is C15H20BrNO4. The van der Waals surface area contributed by atoms with Crippen molar-refractivity contribution in [1.29, 1.82) is 0 Å². The van der Waals surface area contributed by atoms with Gasteiger partial charge in [0, 0.05) is 11.0 Å². The van der Waals surface area contributed by atoms with E-state index in [0.717, 1.165) is 10.2 Å². The quantitative estimate of drug-likeness (QED) is 0.754. The Balaban J connectivity index is 1.97. The van der Waals surface area contributed by atoms with Gasteiger partial charge in [0.15, 0.2) is 0 Å². The number of methoxy groups -OCH3 is 1. The molecule has 1 aliphatic carbocycles. The molecule has 0 bridgehead atoms. The molecule has 2 rings (SSSR count). The van der Waals surface area contributed by atoms with Crippen LogP contribution < -0.4 is 10.1 Å². The minimum atomic E-state index is -0.862.